The van der Waals surface area contributed by atoms with Crippen LogP contribution in [0.2, 0.25) is 0 Å². The van der Waals surface area contributed by atoms with Gasteiger partial charge in [0.05, 0.1) is 23.3 Å². The van der Waals surface area contributed by atoms with Gasteiger partial charge in [-0.1, -0.05) is 13.0 Å². The van der Waals surface area contributed by atoms with E-state index in [0.717, 1.165) is 12.0 Å². The Hall–Kier alpha value is -2.34. The van der Waals surface area contributed by atoms with Crippen molar-refractivity contribution in [1.82, 2.24) is 19.6 Å². The number of rotatable bonds is 2. The van der Waals surface area contributed by atoms with Gasteiger partial charge in [-0.3, -0.25) is 0 Å². The predicted octanol–water partition coefficient (Wildman–Crippen LogP) is 2.78. The average Bonchev–Trinajstić information content (AvgIpc) is 3.06. The molecule has 1 N–H and O–H groups in total. The zero-order valence-electron chi connectivity index (χ0n) is 13.0. The second kappa shape index (κ2) is 4.83. The summed E-state index contributed by atoms with van der Waals surface area (Å²) in [5.41, 5.74) is 2.37. The molecule has 1 atom stereocenters. The lowest BCUT2D eigenvalue weighted by molar-refractivity contribution is 0.0307. The third-order valence-corrected chi connectivity index (χ3v) is 4.66. The highest BCUT2D eigenvalue weighted by Crippen LogP contribution is 2.39. The highest BCUT2D eigenvalue weighted by Gasteiger charge is 2.37. The Morgan fingerprint density at radius 1 is 1.39 bits per heavy atom. The molecule has 3 aromatic rings. The van der Waals surface area contributed by atoms with E-state index < -0.39 is 5.60 Å². The number of aromatic nitrogens is 4. The first-order chi connectivity index (χ1) is 11.0. The quantitative estimate of drug-likeness (QED) is 0.790. The van der Waals surface area contributed by atoms with E-state index in [9.17, 15) is 9.50 Å². The van der Waals surface area contributed by atoms with Crippen LogP contribution in [-0.2, 0) is 12.0 Å². The Bertz CT molecular complexity index is 920. The summed E-state index contributed by atoms with van der Waals surface area (Å²) >= 11 is 0. The molecule has 0 saturated heterocycles. The van der Waals surface area contributed by atoms with Gasteiger partial charge in [0.25, 0.3) is 0 Å². The molecule has 6 heteroatoms. The fourth-order valence-electron chi connectivity index (χ4n) is 3.26. The molecular weight excluding hydrogens is 295 g/mol. The van der Waals surface area contributed by atoms with Crippen LogP contribution in [0.5, 0.6) is 0 Å². The Balaban J connectivity index is 1.93. The fourth-order valence-corrected chi connectivity index (χ4v) is 3.26. The molecule has 5 nitrogen and oxygen atoms in total. The Labute approximate surface area is 132 Å². The Kier molecular flexibility index (Phi) is 2.99. The number of aryl methyl sites for hydroxylation is 2. The Morgan fingerprint density at radius 3 is 3.00 bits per heavy atom. The number of nitrogens with zero attached hydrogens (tertiary/aromatic N) is 4. The van der Waals surface area contributed by atoms with Gasteiger partial charge in [-0.25, -0.2) is 18.9 Å². The third kappa shape index (κ3) is 2.05. The lowest BCUT2D eigenvalue weighted by Crippen LogP contribution is -2.22. The molecule has 118 valence electrons. The van der Waals surface area contributed by atoms with Crippen LogP contribution in [0.4, 0.5) is 4.39 Å². The summed E-state index contributed by atoms with van der Waals surface area (Å²) in [5.74, 6) is 0.175. The second-order valence-electron chi connectivity index (χ2n) is 6.07. The second-order valence-corrected chi connectivity index (χ2v) is 6.07. The van der Waals surface area contributed by atoms with E-state index in [4.69, 9.17) is 0 Å². The van der Waals surface area contributed by atoms with Gasteiger partial charge in [-0.15, -0.1) is 0 Å². The lowest BCUT2D eigenvalue weighted by Gasteiger charge is -2.21. The minimum absolute atomic E-state index is 0.318. The minimum Gasteiger partial charge on any atom is -0.384 e. The molecule has 3 aromatic heterocycles. The molecule has 0 saturated carbocycles. The highest BCUT2D eigenvalue weighted by molar-refractivity contribution is 5.64. The smallest absolute Gasteiger partial charge is 0.152 e. The van der Waals surface area contributed by atoms with Gasteiger partial charge in [0.1, 0.15) is 16.9 Å². The van der Waals surface area contributed by atoms with E-state index in [2.05, 4.69) is 15.1 Å². The maximum absolute atomic E-state index is 14.1. The summed E-state index contributed by atoms with van der Waals surface area (Å²) < 4.78 is 15.7. The molecule has 1 aliphatic carbocycles. The number of hydrogen-bond acceptors (Lipinski definition) is 4. The van der Waals surface area contributed by atoms with Crippen molar-refractivity contribution in [3.05, 3.63) is 47.3 Å². The maximum Gasteiger partial charge on any atom is 0.152 e. The molecule has 0 aromatic carbocycles. The minimum atomic E-state index is -0.887. The number of hydrogen-bond donors (Lipinski definition) is 1. The van der Waals surface area contributed by atoms with Crippen molar-refractivity contribution in [2.45, 2.75) is 38.7 Å². The monoisotopic (exact) mass is 312 g/mol. The van der Waals surface area contributed by atoms with Gasteiger partial charge in [-0.05, 0) is 37.8 Å². The van der Waals surface area contributed by atoms with Crippen molar-refractivity contribution in [2.75, 3.05) is 0 Å². The van der Waals surface area contributed by atoms with Gasteiger partial charge < -0.3 is 5.11 Å². The van der Waals surface area contributed by atoms with E-state index >= 15 is 0 Å². The molecule has 0 amide bonds. The Morgan fingerprint density at radius 2 is 2.22 bits per heavy atom. The molecular formula is C17H17FN4O. The summed E-state index contributed by atoms with van der Waals surface area (Å²) in [6.45, 7) is 3.71. The fraction of sp³-hybridized carbons (Fsp3) is 0.353. The van der Waals surface area contributed by atoms with Crippen molar-refractivity contribution in [2.24, 2.45) is 0 Å². The standard InChI is InChI=1S/C17H17FN4O/c1-3-17(23)7-6-11-4-5-13(20-16(11)17)14-8-12(18)15-9-19-10(2)21-22(14)15/h4-5,8-9,23H,3,6-7H2,1-2H3. The molecule has 23 heavy (non-hydrogen) atoms. The number of halogens is 1. The molecule has 0 bridgehead atoms. The first-order valence-electron chi connectivity index (χ1n) is 7.76. The lowest BCUT2D eigenvalue weighted by atomic mass is 9.97. The predicted molar refractivity (Wildman–Crippen MR) is 83.4 cm³/mol. The van der Waals surface area contributed by atoms with Crippen LogP contribution >= 0.6 is 0 Å². The number of fused-ring (bicyclic) bond motifs is 2. The van der Waals surface area contributed by atoms with Gasteiger partial charge >= 0.3 is 0 Å². The first-order valence-corrected chi connectivity index (χ1v) is 7.76. The summed E-state index contributed by atoms with van der Waals surface area (Å²) in [7, 11) is 0. The van der Waals surface area contributed by atoms with Crippen molar-refractivity contribution in [1.29, 1.82) is 0 Å². The van der Waals surface area contributed by atoms with Crippen LogP contribution in [0.1, 0.15) is 36.8 Å². The van der Waals surface area contributed by atoms with E-state index in [1.54, 1.807) is 6.92 Å². The van der Waals surface area contributed by atoms with Crippen LogP contribution in [0.15, 0.2) is 24.4 Å². The summed E-state index contributed by atoms with van der Waals surface area (Å²) in [6, 6.07) is 5.24. The maximum atomic E-state index is 14.1. The summed E-state index contributed by atoms with van der Waals surface area (Å²) in [5, 5.41) is 15.0. The number of pyridine rings is 1. The van der Waals surface area contributed by atoms with Crippen LogP contribution in [-0.4, -0.2) is 24.7 Å². The van der Waals surface area contributed by atoms with Crippen molar-refractivity contribution in [3.8, 4) is 11.4 Å². The number of aliphatic hydroxyl groups is 1. The van der Waals surface area contributed by atoms with Crippen molar-refractivity contribution < 1.29 is 9.50 Å². The largest absolute Gasteiger partial charge is 0.384 e. The molecule has 1 aliphatic rings. The van der Waals surface area contributed by atoms with Crippen LogP contribution in [0, 0.1) is 12.7 Å². The average molecular weight is 312 g/mol. The van der Waals surface area contributed by atoms with Gasteiger partial charge in [-0.2, -0.15) is 5.10 Å². The summed E-state index contributed by atoms with van der Waals surface area (Å²) in [6.07, 6.45) is 3.58. The molecule has 1 unspecified atom stereocenters. The van der Waals surface area contributed by atoms with Gasteiger partial charge in [0, 0.05) is 6.07 Å². The molecule has 0 spiro atoms. The SMILES string of the molecule is CCC1(O)CCc2ccc(-c3cc(F)c4cnc(C)nn34)nc21. The topological polar surface area (TPSA) is 63.3 Å². The van der Waals surface area contributed by atoms with Gasteiger partial charge in [0.2, 0.25) is 0 Å². The molecule has 0 radical (unpaired) electrons. The van der Waals surface area contributed by atoms with Crippen LogP contribution in [0.25, 0.3) is 16.9 Å². The third-order valence-electron chi connectivity index (χ3n) is 4.66. The van der Waals surface area contributed by atoms with Crippen molar-refractivity contribution >= 4 is 5.52 Å². The van der Waals surface area contributed by atoms with Gasteiger partial charge in [0.15, 0.2) is 5.82 Å². The first kappa shape index (κ1) is 14.3. The van der Waals surface area contributed by atoms with E-state index in [-0.39, 0.29) is 5.82 Å². The van der Waals surface area contributed by atoms with E-state index in [1.165, 1.54) is 16.8 Å². The zero-order chi connectivity index (χ0) is 16.2. The molecule has 0 fully saturated rings. The molecule has 0 aliphatic heterocycles. The highest BCUT2D eigenvalue weighted by atomic mass is 19.1. The zero-order valence-corrected chi connectivity index (χ0v) is 13.0. The van der Waals surface area contributed by atoms with Crippen molar-refractivity contribution in [3.63, 3.8) is 0 Å². The van der Waals surface area contributed by atoms with E-state index in [1.807, 2.05) is 19.1 Å². The normalized spacial score (nSPS) is 20.2. The summed E-state index contributed by atoms with van der Waals surface area (Å²) in [4.78, 5) is 8.68. The molecule has 4 rings (SSSR count). The molecule has 3 heterocycles. The van der Waals surface area contributed by atoms with Crippen LogP contribution in [0.3, 0.4) is 0 Å². The van der Waals surface area contributed by atoms with E-state index in [0.29, 0.717) is 41.3 Å². The van der Waals surface area contributed by atoms with Crippen LogP contribution < -0.4 is 0 Å².